The maximum Gasteiger partial charge on any atom is 0.317 e. The third-order valence-corrected chi connectivity index (χ3v) is 4.24. The van der Waals surface area contributed by atoms with Gasteiger partial charge in [0.1, 0.15) is 0 Å². The van der Waals surface area contributed by atoms with E-state index in [0.29, 0.717) is 44.6 Å². The molecular weight excluding hydrogens is 325 g/mol. The van der Waals surface area contributed by atoms with Gasteiger partial charge in [-0.2, -0.15) is 0 Å². The van der Waals surface area contributed by atoms with E-state index in [1.807, 2.05) is 11.8 Å². The van der Waals surface area contributed by atoms with Crippen LogP contribution in [0, 0.1) is 17.5 Å². The number of piperidine rings is 1. The van der Waals surface area contributed by atoms with E-state index in [-0.39, 0.29) is 18.2 Å². The molecule has 1 aliphatic heterocycles. The van der Waals surface area contributed by atoms with Gasteiger partial charge in [0.15, 0.2) is 17.5 Å². The highest BCUT2D eigenvalue weighted by Gasteiger charge is 2.28. The van der Waals surface area contributed by atoms with Gasteiger partial charge in [0.05, 0.1) is 6.54 Å². The first-order valence-electron chi connectivity index (χ1n) is 7.73. The molecule has 1 N–H and O–H groups in total. The molecule has 0 saturated carbocycles. The quantitative estimate of drug-likeness (QED) is 0.831. The molecule has 0 bridgehead atoms. The van der Waals surface area contributed by atoms with Crippen LogP contribution in [-0.4, -0.2) is 59.0 Å². The molecule has 1 aliphatic rings. The lowest BCUT2D eigenvalue weighted by Gasteiger charge is -2.37. The monoisotopic (exact) mass is 344 g/mol. The molecule has 0 radical (unpaired) electrons. The van der Waals surface area contributed by atoms with E-state index >= 15 is 0 Å². The van der Waals surface area contributed by atoms with Crippen LogP contribution in [-0.2, 0) is 4.79 Å². The van der Waals surface area contributed by atoms with E-state index in [1.165, 1.54) is 4.90 Å². The summed E-state index contributed by atoms with van der Waals surface area (Å²) in [5.41, 5.74) is -0.234. The number of nitrogens with zero attached hydrogens (tertiary/aromatic N) is 2. The lowest BCUT2D eigenvalue weighted by atomic mass is 10.0. The van der Waals surface area contributed by atoms with Crippen LogP contribution in [0.4, 0.5) is 13.2 Å². The Balaban J connectivity index is 2.01. The van der Waals surface area contributed by atoms with Crippen molar-refractivity contribution in [1.29, 1.82) is 0 Å². The molecule has 5 nitrogen and oxygen atoms in total. The van der Waals surface area contributed by atoms with E-state index in [4.69, 9.17) is 5.11 Å². The number of hydrogen-bond acceptors (Lipinski definition) is 3. The first-order chi connectivity index (χ1) is 11.3. The van der Waals surface area contributed by atoms with Gasteiger partial charge in [-0.05, 0) is 31.5 Å². The van der Waals surface area contributed by atoms with Crippen LogP contribution in [0.25, 0.3) is 0 Å². The highest BCUT2D eigenvalue weighted by molar-refractivity contribution is 5.94. The average Bonchev–Trinajstić information content (AvgIpc) is 2.56. The molecule has 1 aromatic rings. The first-order valence-corrected chi connectivity index (χ1v) is 7.73. The van der Waals surface area contributed by atoms with Crippen LogP contribution in [0.5, 0.6) is 0 Å². The predicted molar refractivity (Wildman–Crippen MR) is 80.1 cm³/mol. The summed E-state index contributed by atoms with van der Waals surface area (Å²) in [6.07, 6.45) is 1.14. The van der Waals surface area contributed by atoms with Crippen LogP contribution >= 0.6 is 0 Å². The molecule has 1 fully saturated rings. The van der Waals surface area contributed by atoms with Crippen molar-refractivity contribution in [2.24, 2.45) is 0 Å². The van der Waals surface area contributed by atoms with Crippen molar-refractivity contribution in [2.75, 3.05) is 26.2 Å². The van der Waals surface area contributed by atoms with E-state index in [2.05, 4.69) is 0 Å². The largest absolute Gasteiger partial charge is 0.480 e. The van der Waals surface area contributed by atoms with Crippen LogP contribution in [0.1, 0.15) is 30.1 Å². The second kappa shape index (κ2) is 7.65. The third kappa shape index (κ3) is 4.05. The second-order valence-electron chi connectivity index (χ2n) is 5.73. The van der Waals surface area contributed by atoms with Crippen molar-refractivity contribution in [2.45, 2.75) is 25.8 Å². The molecular formula is C16H19F3N2O3. The fourth-order valence-corrected chi connectivity index (χ4v) is 2.97. The third-order valence-electron chi connectivity index (χ3n) is 4.24. The number of carbonyl (C=O) groups excluding carboxylic acids is 1. The maximum atomic E-state index is 13.3. The second-order valence-corrected chi connectivity index (χ2v) is 5.73. The Labute approximate surface area is 137 Å². The molecule has 0 atom stereocenters. The van der Waals surface area contributed by atoms with Gasteiger partial charge in [0.2, 0.25) is 0 Å². The fraction of sp³-hybridized carbons (Fsp3) is 0.500. The number of carboxylic acid groups (broad SMARTS) is 1. The van der Waals surface area contributed by atoms with E-state index in [0.717, 1.165) is 0 Å². The molecule has 132 valence electrons. The minimum absolute atomic E-state index is 0.0387. The zero-order chi connectivity index (χ0) is 17.9. The van der Waals surface area contributed by atoms with Gasteiger partial charge in [-0.1, -0.05) is 6.92 Å². The highest BCUT2D eigenvalue weighted by atomic mass is 19.2. The minimum Gasteiger partial charge on any atom is -0.480 e. The Hall–Kier alpha value is -2.09. The van der Waals surface area contributed by atoms with Crippen molar-refractivity contribution < 1.29 is 27.9 Å². The summed E-state index contributed by atoms with van der Waals surface area (Å²) in [7, 11) is 0. The number of likely N-dealkylation sites (tertiary alicyclic amines) is 1. The molecule has 1 amide bonds. The Morgan fingerprint density at radius 2 is 1.75 bits per heavy atom. The maximum absolute atomic E-state index is 13.3. The Kier molecular flexibility index (Phi) is 5.82. The molecule has 0 spiro atoms. The summed E-state index contributed by atoms with van der Waals surface area (Å²) in [5, 5.41) is 8.90. The summed E-state index contributed by atoms with van der Waals surface area (Å²) in [6.45, 7) is 3.08. The van der Waals surface area contributed by atoms with Gasteiger partial charge < -0.3 is 10.0 Å². The van der Waals surface area contributed by atoms with E-state index < -0.39 is 29.3 Å². The lowest BCUT2D eigenvalue weighted by molar-refractivity contribution is -0.139. The summed E-state index contributed by atoms with van der Waals surface area (Å²) in [6, 6.07) is 1.42. The Morgan fingerprint density at radius 3 is 2.21 bits per heavy atom. The number of hydrogen-bond donors (Lipinski definition) is 1. The highest BCUT2D eigenvalue weighted by Crippen LogP contribution is 2.20. The smallest absolute Gasteiger partial charge is 0.317 e. The van der Waals surface area contributed by atoms with E-state index in [9.17, 15) is 22.8 Å². The number of carbonyl (C=O) groups is 2. The van der Waals surface area contributed by atoms with Gasteiger partial charge >= 0.3 is 5.97 Å². The molecule has 24 heavy (non-hydrogen) atoms. The van der Waals surface area contributed by atoms with Gasteiger partial charge in [0, 0.05) is 24.7 Å². The summed E-state index contributed by atoms with van der Waals surface area (Å²) >= 11 is 0. The molecule has 0 unspecified atom stereocenters. The van der Waals surface area contributed by atoms with Gasteiger partial charge in [-0.3, -0.25) is 14.5 Å². The summed E-state index contributed by atoms with van der Waals surface area (Å²) < 4.78 is 39.5. The molecule has 8 heteroatoms. The normalized spacial score (nSPS) is 15.8. The number of halogens is 3. The molecule has 0 aliphatic carbocycles. The van der Waals surface area contributed by atoms with Crippen molar-refractivity contribution in [3.8, 4) is 0 Å². The van der Waals surface area contributed by atoms with Crippen LogP contribution in [0.2, 0.25) is 0 Å². The van der Waals surface area contributed by atoms with Gasteiger partial charge in [-0.25, -0.2) is 13.2 Å². The SMILES string of the molecule is CCN(CC(=O)O)C1CCN(C(=O)c2cc(F)c(F)c(F)c2)CC1. The number of amides is 1. The van der Waals surface area contributed by atoms with Crippen molar-refractivity contribution in [1.82, 2.24) is 9.80 Å². The van der Waals surface area contributed by atoms with Crippen LogP contribution in [0.15, 0.2) is 12.1 Å². The Morgan fingerprint density at radius 1 is 1.21 bits per heavy atom. The fourth-order valence-electron chi connectivity index (χ4n) is 2.97. The minimum atomic E-state index is -1.60. The standard InChI is InChI=1S/C16H19F3N2O3/c1-2-20(9-14(22)23)11-3-5-21(6-4-11)16(24)10-7-12(17)15(19)13(18)8-10/h7-8,11H,2-6,9H2,1H3,(H,22,23). The first kappa shape index (κ1) is 18.3. The van der Waals surface area contributed by atoms with Crippen molar-refractivity contribution >= 4 is 11.9 Å². The molecule has 1 aromatic carbocycles. The zero-order valence-corrected chi connectivity index (χ0v) is 13.3. The number of likely N-dealkylation sites (N-methyl/N-ethyl adjacent to an activating group) is 1. The summed E-state index contributed by atoms with van der Waals surface area (Å²) in [4.78, 5) is 26.4. The Bertz CT molecular complexity index is 608. The number of aliphatic carboxylic acids is 1. The molecule has 0 aromatic heterocycles. The van der Waals surface area contributed by atoms with Gasteiger partial charge in [-0.15, -0.1) is 0 Å². The number of benzene rings is 1. The molecule has 1 heterocycles. The van der Waals surface area contributed by atoms with Crippen molar-refractivity contribution in [3.05, 3.63) is 35.1 Å². The van der Waals surface area contributed by atoms with E-state index in [1.54, 1.807) is 0 Å². The topological polar surface area (TPSA) is 60.9 Å². The lowest BCUT2D eigenvalue weighted by Crippen LogP contribution is -2.48. The van der Waals surface area contributed by atoms with Crippen LogP contribution in [0.3, 0.4) is 0 Å². The number of rotatable bonds is 5. The summed E-state index contributed by atoms with van der Waals surface area (Å²) in [5.74, 6) is -5.86. The molecule has 2 rings (SSSR count). The zero-order valence-electron chi connectivity index (χ0n) is 13.3. The number of carboxylic acids is 1. The molecule has 1 saturated heterocycles. The van der Waals surface area contributed by atoms with Crippen molar-refractivity contribution in [3.63, 3.8) is 0 Å². The van der Waals surface area contributed by atoms with Crippen LogP contribution < -0.4 is 0 Å². The van der Waals surface area contributed by atoms with Gasteiger partial charge in [0.25, 0.3) is 5.91 Å². The predicted octanol–water partition coefficient (Wildman–Crippen LogP) is 2.12. The average molecular weight is 344 g/mol.